The van der Waals surface area contributed by atoms with E-state index in [1.54, 1.807) is 4.90 Å². The zero-order chi connectivity index (χ0) is 14.7. The van der Waals surface area contributed by atoms with Crippen LogP contribution in [0.2, 0.25) is 0 Å². The quantitative estimate of drug-likeness (QED) is 0.830. The van der Waals surface area contributed by atoms with Crippen LogP contribution in [0.1, 0.15) is 18.4 Å². The molecule has 4 nitrogen and oxygen atoms in total. The highest BCUT2D eigenvalue weighted by molar-refractivity contribution is 7.80. The third kappa shape index (κ3) is 3.04. The average Bonchev–Trinajstić information content (AvgIpc) is 2.93. The van der Waals surface area contributed by atoms with E-state index < -0.39 is 11.6 Å². The van der Waals surface area contributed by atoms with Crippen LogP contribution in [0.5, 0.6) is 0 Å². The Labute approximate surface area is 120 Å². The molecule has 1 amide bonds. The zero-order valence-corrected chi connectivity index (χ0v) is 11.6. The lowest BCUT2D eigenvalue weighted by Gasteiger charge is -2.16. The van der Waals surface area contributed by atoms with Crippen molar-refractivity contribution in [2.45, 2.75) is 12.8 Å². The molecule has 0 atom stereocenters. The number of benzene rings is 1. The van der Waals surface area contributed by atoms with Crippen LogP contribution in [0.15, 0.2) is 12.1 Å². The molecule has 1 aliphatic heterocycles. The van der Waals surface area contributed by atoms with Gasteiger partial charge in [-0.2, -0.15) is 0 Å². The van der Waals surface area contributed by atoms with Crippen molar-refractivity contribution in [2.75, 3.05) is 25.0 Å². The molecule has 108 valence electrons. The molecule has 20 heavy (non-hydrogen) atoms. The third-order valence-electron chi connectivity index (χ3n) is 3.24. The molecule has 7 heteroatoms. The molecule has 1 heterocycles. The van der Waals surface area contributed by atoms with Gasteiger partial charge < -0.3 is 16.0 Å². The van der Waals surface area contributed by atoms with Crippen LogP contribution in [0.3, 0.4) is 0 Å². The monoisotopic (exact) mass is 299 g/mol. The fourth-order valence-electron chi connectivity index (χ4n) is 2.13. The topological polar surface area (TPSA) is 58.4 Å². The number of nitrogens with two attached hydrogens (primary N) is 1. The van der Waals surface area contributed by atoms with E-state index in [4.69, 9.17) is 5.73 Å². The summed E-state index contributed by atoms with van der Waals surface area (Å²) < 4.78 is 27.4. The van der Waals surface area contributed by atoms with E-state index in [1.807, 2.05) is 0 Å². The molecule has 0 unspecified atom stereocenters. The summed E-state index contributed by atoms with van der Waals surface area (Å²) >= 11 is 4.62. The summed E-state index contributed by atoms with van der Waals surface area (Å²) in [5.41, 5.74) is 5.06. The first kappa shape index (κ1) is 14.6. The van der Waals surface area contributed by atoms with Crippen LogP contribution < -0.4 is 11.1 Å². The molecule has 0 aliphatic carbocycles. The first-order valence-corrected chi connectivity index (χ1v) is 6.71. The van der Waals surface area contributed by atoms with Gasteiger partial charge in [-0.15, -0.1) is 0 Å². The van der Waals surface area contributed by atoms with Crippen molar-refractivity contribution in [3.63, 3.8) is 0 Å². The van der Waals surface area contributed by atoms with Crippen LogP contribution >= 0.6 is 12.2 Å². The number of likely N-dealkylation sites (tertiary alicyclic amines) is 1. The number of hydrogen-bond donors (Lipinski definition) is 2. The number of hydrogen-bond acceptors (Lipinski definition) is 3. The molecule has 1 fully saturated rings. The summed E-state index contributed by atoms with van der Waals surface area (Å²) in [6, 6.07) is 2.62. The Morgan fingerprint density at radius 2 is 1.95 bits per heavy atom. The SMILES string of the molecule is NC(=S)c1ccc(NCC(=O)N2CCCC2)c(F)c1F. The molecule has 1 aromatic rings. The van der Waals surface area contributed by atoms with Crippen molar-refractivity contribution >= 4 is 28.8 Å². The van der Waals surface area contributed by atoms with Crippen molar-refractivity contribution in [1.82, 2.24) is 4.90 Å². The lowest BCUT2D eigenvalue weighted by Crippen LogP contribution is -2.33. The number of thiocarbonyl (C=S) groups is 1. The highest BCUT2D eigenvalue weighted by Crippen LogP contribution is 2.20. The highest BCUT2D eigenvalue weighted by atomic mass is 32.1. The van der Waals surface area contributed by atoms with Gasteiger partial charge >= 0.3 is 0 Å². The van der Waals surface area contributed by atoms with E-state index in [0.29, 0.717) is 0 Å². The van der Waals surface area contributed by atoms with Crippen LogP contribution in [-0.2, 0) is 4.79 Å². The van der Waals surface area contributed by atoms with Crippen LogP contribution in [0, 0.1) is 11.6 Å². The maximum atomic E-state index is 13.8. The lowest BCUT2D eigenvalue weighted by molar-refractivity contribution is -0.128. The van der Waals surface area contributed by atoms with Crippen molar-refractivity contribution in [3.05, 3.63) is 29.3 Å². The summed E-state index contributed by atoms with van der Waals surface area (Å²) in [4.78, 5) is 13.3. The smallest absolute Gasteiger partial charge is 0.241 e. The van der Waals surface area contributed by atoms with Gasteiger partial charge in [0, 0.05) is 18.7 Å². The van der Waals surface area contributed by atoms with Crippen LogP contribution in [0.25, 0.3) is 0 Å². The first-order valence-electron chi connectivity index (χ1n) is 6.30. The van der Waals surface area contributed by atoms with Gasteiger partial charge in [-0.25, -0.2) is 8.78 Å². The Bertz CT molecular complexity index is 545. The van der Waals surface area contributed by atoms with Crippen molar-refractivity contribution < 1.29 is 13.6 Å². The number of nitrogens with one attached hydrogen (secondary N) is 1. The largest absolute Gasteiger partial charge is 0.389 e. The molecule has 1 aliphatic rings. The second-order valence-electron chi connectivity index (χ2n) is 4.59. The predicted molar refractivity (Wildman–Crippen MR) is 76.5 cm³/mol. The van der Waals surface area contributed by atoms with E-state index in [9.17, 15) is 13.6 Å². The summed E-state index contributed by atoms with van der Waals surface area (Å²) in [6.45, 7) is 1.37. The Morgan fingerprint density at radius 3 is 2.55 bits per heavy atom. The van der Waals surface area contributed by atoms with Crippen molar-refractivity contribution in [2.24, 2.45) is 5.73 Å². The Morgan fingerprint density at radius 1 is 1.30 bits per heavy atom. The molecular weight excluding hydrogens is 284 g/mol. The fourth-order valence-corrected chi connectivity index (χ4v) is 2.28. The van der Waals surface area contributed by atoms with Gasteiger partial charge in [0.2, 0.25) is 5.91 Å². The maximum absolute atomic E-state index is 13.8. The standard InChI is InChI=1S/C13H15F2N3OS/c14-11-8(13(16)20)3-4-9(12(11)15)17-7-10(19)18-5-1-2-6-18/h3-4,17H,1-2,5-7H2,(H2,16,20). The minimum Gasteiger partial charge on any atom is -0.389 e. The fraction of sp³-hybridized carbons (Fsp3) is 0.385. The number of nitrogens with zero attached hydrogens (tertiary/aromatic N) is 1. The first-order chi connectivity index (χ1) is 9.50. The zero-order valence-electron chi connectivity index (χ0n) is 10.8. The molecule has 0 aromatic heterocycles. The second-order valence-corrected chi connectivity index (χ2v) is 5.03. The number of anilines is 1. The highest BCUT2D eigenvalue weighted by Gasteiger charge is 2.19. The summed E-state index contributed by atoms with van der Waals surface area (Å²) in [6.07, 6.45) is 1.97. The van der Waals surface area contributed by atoms with Gasteiger partial charge in [0.15, 0.2) is 11.6 Å². The van der Waals surface area contributed by atoms with Crippen LogP contribution in [0.4, 0.5) is 14.5 Å². The molecule has 1 saturated heterocycles. The van der Waals surface area contributed by atoms with Gasteiger partial charge in [0.1, 0.15) is 4.99 Å². The van der Waals surface area contributed by atoms with Gasteiger partial charge in [0.25, 0.3) is 0 Å². The number of amides is 1. The van der Waals surface area contributed by atoms with E-state index in [1.165, 1.54) is 12.1 Å². The number of carbonyl (C=O) groups is 1. The van der Waals surface area contributed by atoms with Gasteiger partial charge in [-0.1, -0.05) is 12.2 Å². The molecule has 2 rings (SSSR count). The molecule has 0 bridgehead atoms. The maximum Gasteiger partial charge on any atom is 0.241 e. The van der Waals surface area contributed by atoms with E-state index in [-0.39, 0.29) is 28.7 Å². The Balaban J connectivity index is 2.04. The number of rotatable bonds is 4. The molecule has 3 N–H and O–H groups in total. The second kappa shape index (κ2) is 6.13. The molecule has 0 saturated carbocycles. The minimum atomic E-state index is -1.10. The molecular formula is C13H15F2N3OS. The third-order valence-corrected chi connectivity index (χ3v) is 3.46. The Kier molecular flexibility index (Phi) is 4.49. The number of halogens is 2. The van der Waals surface area contributed by atoms with Gasteiger partial charge in [-0.05, 0) is 25.0 Å². The summed E-state index contributed by atoms with van der Waals surface area (Å²) in [5, 5.41) is 2.61. The Hall–Kier alpha value is -1.76. The normalized spacial score (nSPS) is 14.4. The molecule has 1 aromatic carbocycles. The van der Waals surface area contributed by atoms with Gasteiger partial charge in [-0.3, -0.25) is 4.79 Å². The molecule has 0 spiro atoms. The molecule has 0 radical (unpaired) electrons. The van der Waals surface area contributed by atoms with Crippen molar-refractivity contribution in [1.29, 1.82) is 0 Å². The van der Waals surface area contributed by atoms with Crippen LogP contribution in [-0.4, -0.2) is 35.4 Å². The summed E-state index contributed by atoms with van der Waals surface area (Å²) in [7, 11) is 0. The van der Waals surface area contributed by atoms with E-state index >= 15 is 0 Å². The number of carbonyl (C=O) groups excluding carboxylic acids is 1. The van der Waals surface area contributed by atoms with Gasteiger partial charge in [0.05, 0.1) is 12.2 Å². The minimum absolute atomic E-state index is 0.0667. The van der Waals surface area contributed by atoms with E-state index in [0.717, 1.165) is 25.9 Å². The van der Waals surface area contributed by atoms with Crippen molar-refractivity contribution in [3.8, 4) is 0 Å². The predicted octanol–water partition coefficient (Wildman–Crippen LogP) is 1.63. The lowest BCUT2D eigenvalue weighted by atomic mass is 10.2. The average molecular weight is 299 g/mol. The summed E-state index contributed by atoms with van der Waals surface area (Å²) in [5.74, 6) is -2.30. The van der Waals surface area contributed by atoms with E-state index in [2.05, 4.69) is 17.5 Å².